The van der Waals surface area contributed by atoms with Crippen LogP contribution in [0, 0.1) is 5.92 Å². The van der Waals surface area contributed by atoms with E-state index in [0.717, 1.165) is 28.1 Å². The summed E-state index contributed by atoms with van der Waals surface area (Å²) in [6.07, 6.45) is 6.45. The van der Waals surface area contributed by atoms with Gasteiger partial charge in [0, 0.05) is 11.5 Å². The van der Waals surface area contributed by atoms with Gasteiger partial charge in [0.1, 0.15) is 0 Å². The molecule has 2 N–H and O–H groups in total. The van der Waals surface area contributed by atoms with Crippen molar-refractivity contribution in [3.63, 3.8) is 0 Å². The Morgan fingerprint density at radius 2 is 1.79 bits per heavy atom. The summed E-state index contributed by atoms with van der Waals surface area (Å²) < 4.78 is 1.13. The minimum Gasteiger partial charge on any atom is -0.273 e. The van der Waals surface area contributed by atoms with E-state index < -0.39 is 0 Å². The molecule has 2 amide bonds. The first kappa shape index (κ1) is 19.3. The molecule has 0 fully saturated rings. The Bertz CT molecular complexity index is 1020. The van der Waals surface area contributed by atoms with E-state index in [1.807, 2.05) is 42.5 Å². The molecule has 3 aromatic rings. The van der Waals surface area contributed by atoms with Crippen molar-refractivity contribution in [2.45, 2.75) is 32.1 Å². The summed E-state index contributed by atoms with van der Waals surface area (Å²) in [5.74, 6) is -0.748. The standard InChI is InChI=1S/C23H23N3O2S/c1-2-15-11-13-16(14-12-15)21(27)25-26-22(28)17-7-3-4-8-18(17)23-24-19-9-5-6-10-20(19)29-23/h3-6,9-14,17-18H,2,7-8H2,1H3,(H,25,27)(H,26,28). The fraction of sp³-hybridized carbons (Fsp3) is 0.261. The molecule has 148 valence electrons. The molecule has 2 unspecified atom stereocenters. The van der Waals surface area contributed by atoms with Gasteiger partial charge in [-0.15, -0.1) is 11.3 Å². The highest BCUT2D eigenvalue weighted by atomic mass is 32.1. The molecule has 0 radical (unpaired) electrons. The lowest BCUT2D eigenvalue weighted by atomic mass is 9.83. The van der Waals surface area contributed by atoms with Crippen LogP contribution in [0.15, 0.2) is 60.7 Å². The number of amides is 2. The molecule has 2 aromatic carbocycles. The molecule has 1 aromatic heterocycles. The van der Waals surface area contributed by atoms with Gasteiger partial charge in [0.05, 0.1) is 21.1 Å². The number of para-hydroxylation sites is 1. The molecule has 4 rings (SSSR count). The predicted octanol–water partition coefficient (Wildman–Crippen LogP) is 4.37. The van der Waals surface area contributed by atoms with Crippen LogP contribution in [0.3, 0.4) is 0 Å². The van der Waals surface area contributed by atoms with Gasteiger partial charge in [-0.05, 0) is 49.1 Å². The van der Waals surface area contributed by atoms with Crippen molar-refractivity contribution in [2.75, 3.05) is 0 Å². The monoisotopic (exact) mass is 405 g/mol. The smallest absolute Gasteiger partial charge is 0.269 e. The number of nitrogens with zero attached hydrogens (tertiary/aromatic N) is 1. The number of rotatable bonds is 4. The largest absolute Gasteiger partial charge is 0.273 e. The van der Waals surface area contributed by atoms with E-state index in [9.17, 15) is 9.59 Å². The van der Waals surface area contributed by atoms with E-state index in [2.05, 4.69) is 23.9 Å². The van der Waals surface area contributed by atoms with Crippen LogP contribution in [-0.4, -0.2) is 16.8 Å². The molecule has 1 aliphatic rings. The normalized spacial score (nSPS) is 18.5. The van der Waals surface area contributed by atoms with Crippen LogP contribution in [0.1, 0.15) is 46.6 Å². The van der Waals surface area contributed by atoms with Crippen molar-refractivity contribution in [2.24, 2.45) is 5.92 Å². The lowest BCUT2D eigenvalue weighted by Crippen LogP contribution is -2.46. The number of hydrazine groups is 1. The Kier molecular flexibility index (Phi) is 5.71. The first-order chi connectivity index (χ1) is 14.2. The molecular formula is C23H23N3O2S. The lowest BCUT2D eigenvalue weighted by molar-refractivity contribution is -0.126. The summed E-state index contributed by atoms with van der Waals surface area (Å²) in [6.45, 7) is 2.07. The average molecular weight is 406 g/mol. The van der Waals surface area contributed by atoms with Crippen molar-refractivity contribution in [3.05, 3.63) is 76.8 Å². The van der Waals surface area contributed by atoms with Crippen LogP contribution in [0.4, 0.5) is 0 Å². The SMILES string of the molecule is CCc1ccc(C(=O)NNC(=O)C2CC=CCC2c2nc3ccccc3s2)cc1. The molecule has 1 heterocycles. The molecule has 0 saturated heterocycles. The number of carbonyl (C=O) groups excluding carboxylic acids is 2. The van der Waals surface area contributed by atoms with Gasteiger partial charge in [-0.25, -0.2) is 4.98 Å². The number of hydrogen-bond acceptors (Lipinski definition) is 4. The highest BCUT2D eigenvalue weighted by Gasteiger charge is 2.32. The number of aromatic nitrogens is 1. The first-order valence-electron chi connectivity index (χ1n) is 9.85. The van der Waals surface area contributed by atoms with Gasteiger partial charge in [0.25, 0.3) is 5.91 Å². The molecule has 0 aliphatic heterocycles. The van der Waals surface area contributed by atoms with Gasteiger partial charge >= 0.3 is 0 Å². The maximum atomic E-state index is 12.9. The zero-order chi connectivity index (χ0) is 20.2. The number of fused-ring (bicyclic) bond motifs is 1. The maximum Gasteiger partial charge on any atom is 0.269 e. The molecule has 6 heteroatoms. The molecule has 2 atom stereocenters. The van der Waals surface area contributed by atoms with Crippen molar-refractivity contribution in [3.8, 4) is 0 Å². The van der Waals surface area contributed by atoms with Crippen LogP contribution < -0.4 is 10.9 Å². The van der Waals surface area contributed by atoms with Gasteiger partial charge in [-0.2, -0.15) is 0 Å². The molecule has 5 nitrogen and oxygen atoms in total. The number of aryl methyl sites for hydroxylation is 1. The second-order valence-corrected chi connectivity index (χ2v) is 8.23. The summed E-state index contributed by atoms with van der Waals surface area (Å²) in [4.78, 5) is 29.9. The number of nitrogens with one attached hydrogen (secondary N) is 2. The quantitative estimate of drug-likeness (QED) is 0.500. The zero-order valence-corrected chi connectivity index (χ0v) is 17.0. The number of carbonyl (C=O) groups is 2. The number of hydrogen-bond donors (Lipinski definition) is 2. The Balaban J connectivity index is 1.44. The summed E-state index contributed by atoms with van der Waals surface area (Å²) in [5.41, 5.74) is 7.82. The summed E-state index contributed by atoms with van der Waals surface area (Å²) in [6, 6.07) is 15.4. The van der Waals surface area contributed by atoms with Crippen molar-refractivity contribution < 1.29 is 9.59 Å². The fourth-order valence-corrected chi connectivity index (χ4v) is 4.75. The molecule has 0 bridgehead atoms. The average Bonchev–Trinajstić information content (AvgIpc) is 3.21. The highest BCUT2D eigenvalue weighted by Crippen LogP contribution is 2.38. The van der Waals surface area contributed by atoms with Gasteiger partial charge in [0.2, 0.25) is 5.91 Å². The Labute approximate surface area is 173 Å². The van der Waals surface area contributed by atoms with Crippen molar-refractivity contribution >= 4 is 33.4 Å². The maximum absolute atomic E-state index is 12.9. The van der Waals surface area contributed by atoms with Gasteiger partial charge in [-0.3, -0.25) is 20.4 Å². The minimum absolute atomic E-state index is 0.0122. The third-order valence-corrected chi connectivity index (χ3v) is 6.49. The van der Waals surface area contributed by atoms with E-state index in [0.29, 0.717) is 12.0 Å². The van der Waals surface area contributed by atoms with Crippen molar-refractivity contribution in [1.29, 1.82) is 0 Å². The molecule has 29 heavy (non-hydrogen) atoms. The van der Waals surface area contributed by atoms with Crippen LogP contribution in [0.25, 0.3) is 10.2 Å². The van der Waals surface area contributed by atoms with Gasteiger partial charge < -0.3 is 0 Å². The van der Waals surface area contributed by atoms with E-state index in [-0.39, 0.29) is 23.7 Å². The second kappa shape index (κ2) is 8.57. The van der Waals surface area contributed by atoms with Crippen LogP contribution >= 0.6 is 11.3 Å². The molecule has 0 saturated carbocycles. The van der Waals surface area contributed by atoms with Crippen LogP contribution in [0.2, 0.25) is 0 Å². The zero-order valence-electron chi connectivity index (χ0n) is 16.2. The van der Waals surface area contributed by atoms with Gasteiger partial charge in [0.15, 0.2) is 0 Å². The topological polar surface area (TPSA) is 71.1 Å². The molecule has 0 spiro atoms. The third kappa shape index (κ3) is 4.22. The lowest BCUT2D eigenvalue weighted by Gasteiger charge is -2.26. The summed E-state index contributed by atoms with van der Waals surface area (Å²) >= 11 is 1.64. The number of allylic oxidation sites excluding steroid dienone is 2. The molecule has 1 aliphatic carbocycles. The number of benzene rings is 2. The molecular weight excluding hydrogens is 382 g/mol. The van der Waals surface area contributed by atoms with E-state index >= 15 is 0 Å². The van der Waals surface area contributed by atoms with E-state index in [1.54, 1.807) is 23.5 Å². The van der Waals surface area contributed by atoms with E-state index in [4.69, 9.17) is 4.98 Å². The summed E-state index contributed by atoms with van der Waals surface area (Å²) in [5, 5.41) is 0.970. The van der Waals surface area contributed by atoms with Crippen LogP contribution in [0.5, 0.6) is 0 Å². The third-order valence-electron chi connectivity index (χ3n) is 5.32. The Morgan fingerprint density at radius 1 is 1.03 bits per heavy atom. The Morgan fingerprint density at radius 3 is 2.55 bits per heavy atom. The minimum atomic E-state index is -0.316. The predicted molar refractivity (Wildman–Crippen MR) is 116 cm³/mol. The van der Waals surface area contributed by atoms with Gasteiger partial charge in [-0.1, -0.05) is 43.3 Å². The van der Waals surface area contributed by atoms with Crippen LogP contribution in [-0.2, 0) is 11.2 Å². The number of thiazole rings is 1. The Hall–Kier alpha value is -2.99. The van der Waals surface area contributed by atoms with E-state index in [1.165, 1.54) is 5.56 Å². The highest BCUT2D eigenvalue weighted by molar-refractivity contribution is 7.18. The fourth-order valence-electron chi connectivity index (χ4n) is 3.60. The second-order valence-electron chi connectivity index (χ2n) is 7.17. The first-order valence-corrected chi connectivity index (χ1v) is 10.7. The van der Waals surface area contributed by atoms with Crippen molar-refractivity contribution in [1.82, 2.24) is 15.8 Å². The summed E-state index contributed by atoms with van der Waals surface area (Å²) in [7, 11) is 0.